The van der Waals surface area contributed by atoms with Crippen molar-refractivity contribution in [3.8, 4) is 22.6 Å². The number of benzene rings is 2. The van der Waals surface area contributed by atoms with Gasteiger partial charge in [-0.2, -0.15) is 0 Å². The third-order valence-electron chi connectivity index (χ3n) is 4.48. The summed E-state index contributed by atoms with van der Waals surface area (Å²) in [4.78, 5) is 0. The van der Waals surface area contributed by atoms with E-state index in [-0.39, 0.29) is 0 Å². The number of hydrogen-bond acceptors (Lipinski definition) is 2. The molecular formula is C21H22INO. The summed E-state index contributed by atoms with van der Waals surface area (Å²) in [5.41, 5.74) is 7.42. The zero-order valence-corrected chi connectivity index (χ0v) is 16.6. The van der Waals surface area contributed by atoms with Crippen LogP contribution in [0.3, 0.4) is 0 Å². The monoisotopic (exact) mass is 431 g/mol. The van der Waals surface area contributed by atoms with E-state index in [9.17, 15) is 0 Å². The van der Waals surface area contributed by atoms with E-state index in [1.165, 1.54) is 20.3 Å². The Morgan fingerprint density at radius 3 is 2.00 bits per heavy atom. The summed E-state index contributed by atoms with van der Waals surface area (Å²) < 4.78 is 6.87. The van der Waals surface area contributed by atoms with Crippen LogP contribution >= 0.6 is 22.6 Å². The van der Waals surface area contributed by atoms with Crippen LogP contribution in [0.4, 0.5) is 0 Å². The molecule has 0 aliphatic rings. The molecule has 0 saturated carbocycles. The summed E-state index contributed by atoms with van der Waals surface area (Å²) in [6, 6.07) is 14.9. The van der Waals surface area contributed by atoms with Crippen LogP contribution in [-0.2, 0) is 19.3 Å². The Balaban J connectivity index is 2.02. The molecule has 0 aliphatic heterocycles. The van der Waals surface area contributed by atoms with Gasteiger partial charge in [-0.15, -0.1) is 0 Å². The van der Waals surface area contributed by atoms with Crippen molar-refractivity contribution in [3.63, 3.8) is 0 Å². The molecule has 1 heterocycles. The average molecular weight is 431 g/mol. The molecule has 24 heavy (non-hydrogen) atoms. The topological polar surface area (TPSA) is 26.0 Å². The minimum Gasteiger partial charge on any atom is -0.356 e. The number of aryl methyl sites for hydroxylation is 2. The Morgan fingerprint density at radius 1 is 0.833 bits per heavy atom. The van der Waals surface area contributed by atoms with Crippen molar-refractivity contribution in [1.29, 1.82) is 0 Å². The summed E-state index contributed by atoms with van der Waals surface area (Å²) in [5, 5.41) is 4.27. The van der Waals surface area contributed by atoms with Gasteiger partial charge in [0.25, 0.3) is 0 Å². The first-order chi connectivity index (χ1) is 11.7. The predicted molar refractivity (Wildman–Crippen MR) is 108 cm³/mol. The summed E-state index contributed by atoms with van der Waals surface area (Å²) in [6.45, 7) is 6.67. The smallest absolute Gasteiger partial charge is 0.167 e. The molecule has 2 aromatic carbocycles. The van der Waals surface area contributed by atoms with E-state index in [0.29, 0.717) is 0 Å². The van der Waals surface area contributed by atoms with E-state index in [1.54, 1.807) is 0 Å². The maximum Gasteiger partial charge on any atom is 0.167 e. The molecule has 0 fully saturated rings. The molecule has 0 unspecified atom stereocenters. The molecule has 1 aromatic heterocycles. The minimum absolute atomic E-state index is 0.843. The van der Waals surface area contributed by atoms with Crippen LogP contribution in [0.25, 0.3) is 22.6 Å². The molecule has 0 bridgehead atoms. The van der Waals surface area contributed by atoms with Crippen molar-refractivity contribution in [2.75, 3.05) is 0 Å². The highest BCUT2D eigenvalue weighted by Crippen LogP contribution is 2.30. The summed E-state index contributed by atoms with van der Waals surface area (Å²) >= 11 is 2.31. The molecule has 3 rings (SSSR count). The Labute approximate surface area is 157 Å². The predicted octanol–water partition coefficient (Wildman–Crippen LogP) is 6.30. The van der Waals surface area contributed by atoms with Crippen LogP contribution < -0.4 is 0 Å². The molecule has 0 radical (unpaired) electrons. The van der Waals surface area contributed by atoms with E-state index in [0.717, 1.165) is 41.8 Å². The lowest BCUT2D eigenvalue weighted by atomic mass is 9.92. The third-order valence-corrected chi connectivity index (χ3v) is 5.20. The van der Waals surface area contributed by atoms with Crippen molar-refractivity contribution >= 4 is 22.6 Å². The highest BCUT2D eigenvalue weighted by atomic mass is 127. The molecule has 0 spiro atoms. The normalized spacial score (nSPS) is 11.0. The fourth-order valence-electron chi connectivity index (χ4n) is 3.19. The molecule has 0 N–H and O–H groups in total. The third kappa shape index (κ3) is 3.41. The Bertz CT molecular complexity index is 808. The first-order valence-electron chi connectivity index (χ1n) is 8.53. The molecule has 124 valence electrons. The fraction of sp³-hybridized carbons (Fsp3) is 0.286. The van der Waals surface area contributed by atoms with Crippen LogP contribution in [0.15, 0.2) is 47.0 Å². The van der Waals surface area contributed by atoms with Gasteiger partial charge in [-0.1, -0.05) is 38.1 Å². The summed E-state index contributed by atoms with van der Waals surface area (Å²) in [7, 11) is 0. The second-order valence-electron chi connectivity index (χ2n) is 5.92. The molecule has 0 amide bonds. The van der Waals surface area contributed by atoms with Gasteiger partial charge in [0.15, 0.2) is 5.76 Å². The van der Waals surface area contributed by atoms with Gasteiger partial charge < -0.3 is 4.52 Å². The number of nitrogens with zero attached hydrogens (tertiary/aromatic N) is 1. The second-order valence-corrected chi connectivity index (χ2v) is 7.16. The zero-order valence-electron chi connectivity index (χ0n) is 14.4. The quantitative estimate of drug-likeness (QED) is 0.443. The van der Waals surface area contributed by atoms with Crippen LogP contribution in [0.5, 0.6) is 0 Å². The van der Waals surface area contributed by atoms with Crippen molar-refractivity contribution in [3.05, 3.63) is 62.7 Å². The Hall–Kier alpha value is -1.62. The molecule has 0 aliphatic carbocycles. The lowest BCUT2D eigenvalue weighted by Crippen LogP contribution is -1.98. The standard InChI is InChI=1S/C21H22INO/c1-4-14-11-17(12-15(5-2)19(14)6-3)21-13-20(23-24-21)16-7-9-18(22)10-8-16/h7-13H,4-6H2,1-3H3. The highest BCUT2D eigenvalue weighted by molar-refractivity contribution is 14.1. The van der Waals surface area contributed by atoms with E-state index >= 15 is 0 Å². The van der Waals surface area contributed by atoms with Crippen LogP contribution in [0.2, 0.25) is 0 Å². The lowest BCUT2D eigenvalue weighted by molar-refractivity contribution is 0.435. The van der Waals surface area contributed by atoms with E-state index < -0.39 is 0 Å². The average Bonchev–Trinajstić information content (AvgIpc) is 3.11. The van der Waals surface area contributed by atoms with E-state index in [2.05, 4.69) is 84.9 Å². The van der Waals surface area contributed by atoms with Gasteiger partial charge in [0.2, 0.25) is 0 Å². The van der Waals surface area contributed by atoms with Gasteiger partial charge in [0.05, 0.1) is 0 Å². The minimum atomic E-state index is 0.843. The fourth-order valence-corrected chi connectivity index (χ4v) is 3.55. The van der Waals surface area contributed by atoms with Crippen molar-refractivity contribution in [2.24, 2.45) is 0 Å². The molecule has 3 heteroatoms. The SMILES string of the molecule is CCc1cc(-c2cc(-c3ccc(I)cc3)no2)cc(CC)c1CC. The lowest BCUT2D eigenvalue weighted by Gasteiger charge is -2.13. The maximum atomic E-state index is 5.66. The van der Waals surface area contributed by atoms with E-state index in [1.807, 2.05) is 6.07 Å². The Kier molecular flexibility index (Phi) is 5.39. The summed E-state index contributed by atoms with van der Waals surface area (Å²) in [6.07, 6.45) is 3.17. The molecule has 2 nitrogen and oxygen atoms in total. The maximum absolute atomic E-state index is 5.66. The molecular weight excluding hydrogens is 409 g/mol. The van der Waals surface area contributed by atoms with Gasteiger partial charge in [0, 0.05) is 20.8 Å². The summed E-state index contributed by atoms with van der Waals surface area (Å²) in [5.74, 6) is 0.843. The molecule has 0 atom stereocenters. The van der Waals surface area contributed by atoms with Gasteiger partial charge in [0.1, 0.15) is 5.69 Å². The number of aromatic nitrogens is 1. The van der Waals surface area contributed by atoms with Gasteiger partial charge in [-0.25, -0.2) is 0 Å². The first kappa shape index (κ1) is 17.2. The van der Waals surface area contributed by atoms with Crippen LogP contribution in [0.1, 0.15) is 37.5 Å². The molecule has 3 aromatic rings. The zero-order chi connectivity index (χ0) is 17.1. The van der Waals surface area contributed by atoms with Crippen molar-refractivity contribution in [1.82, 2.24) is 5.16 Å². The van der Waals surface area contributed by atoms with Crippen LogP contribution in [0, 0.1) is 3.57 Å². The number of hydrogen-bond donors (Lipinski definition) is 0. The van der Waals surface area contributed by atoms with Crippen molar-refractivity contribution < 1.29 is 4.52 Å². The molecule has 0 saturated heterocycles. The highest BCUT2D eigenvalue weighted by Gasteiger charge is 2.13. The number of halogens is 1. The number of rotatable bonds is 5. The Morgan fingerprint density at radius 2 is 1.46 bits per heavy atom. The van der Waals surface area contributed by atoms with E-state index in [4.69, 9.17) is 4.52 Å². The van der Waals surface area contributed by atoms with Gasteiger partial charge in [-0.05, 0) is 82.8 Å². The van der Waals surface area contributed by atoms with Crippen molar-refractivity contribution in [2.45, 2.75) is 40.0 Å². The van der Waals surface area contributed by atoms with Gasteiger partial charge >= 0.3 is 0 Å². The van der Waals surface area contributed by atoms with Gasteiger partial charge in [-0.3, -0.25) is 0 Å². The second kappa shape index (κ2) is 7.51. The largest absolute Gasteiger partial charge is 0.356 e. The first-order valence-corrected chi connectivity index (χ1v) is 9.61. The van der Waals surface area contributed by atoms with Crippen LogP contribution in [-0.4, -0.2) is 5.16 Å².